The summed E-state index contributed by atoms with van der Waals surface area (Å²) in [5, 5.41) is 3.48. The number of piperazine rings is 1. The topological polar surface area (TPSA) is 61.4 Å². The molecule has 0 spiro atoms. The molecule has 6 heteroatoms. The lowest BCUT2D eigenvalue weighted by Crippen LogP contribution is -2.49. The Morgan fingerprint density at radius 3 is 2.50 bits per heavy atom. The Kier molecular flexibility index (Phi) is 5.46. The molecule has 2 aromatic rings. The standard InChI is InChI=1S/C22H29N5O/c1-16-6-5-9-19(14-16)26-10-12-27(13-11-26)22(28)20-15-21(24-17(2)23-20)25-18-7-3-4-8-18/h5-6,9,14-15,18H,3-4,7-8,10-13H2,1-2H3,(H,23,24,25). The first-order chi connectivity index (χ1) is 13.6. The molecule has 0 atom stereocenters. The van der Waals surface area contributed by atoms with Gasteiger partial charge in [0.25, 0.3) is 5.91 Å². The molecule has 1 aromatic heterocycles. The van der Waals surface area contributed by atoms with Gasteiger partial charge < -0.3 is 15.1 Å². The van der Waals surface area contributed by atoms with Crippen LogP contribution in [-0.2, 0) is 0 Å². The number of aromatic nitrogens is 2. The van der Waals surface area contributed by atoms with E-state index < -0.39 is 0 Å². The number of anilines is 2. The van der Waals surface area contributed by atoms with Gasteiger partial charge in [-0.3, -0.25) is 4.79 Å². The molecule has 1 aliphatic heterocycles. The van der Waals surface area contributed by atoms with Crippen molar-refractivity contribution in [2.45, 2.75) is 45.6 Å². The molecular formula is C22H29N5O. The number of hydrogen-bond acceptors (Lipinski definition) is 5. The molecule has 4 rings (SSSR count). The first-order valence-corrected chi connectivity index (χ1v) is 10.3. The zero-order chi connectivity index (χ0) is 19.5. The second-order valence-electron chi connectivity index (χ2n) is 7.93. The van der Waals surface area contributed by atoms with Crippen LogP contribution in [-0.4, -0.2) is 53.0 Å². The normalized spacial score (nSPS) is 17.8. The lowest BCUT2D eigenvalue weighted by molar-refractivity contribution is 0.0740. The predicted molar refractivity (Wildman–Crippen MR) is 112 cm³/mol. The number of rotatable bonds is 4. The van der Waals surface area contributed by atoms with E-state index in [1.165, 1.54) is 36.9 Å². The van der Waals surface area contributed by atoms with Crippen molar-refractivity contribution in [2.24, 2.45) is 0 Å². The molecule has 2 heterocycles. The SMILES string of the molecule is Cc1cccc(N2CCN(C(=O)c3cc(NC4CCCC4)nc(C)n3)CC2)c1. The average molecular weight is 380 g/mol. The molecular weight excluding hydrogens is 350 g/mol. The zero-order valence-corrected chi connectivity index (χ0v) is 16.8. The van der Waals surface area contributed by atoms with Crippen molar-refractivity contribution >= 4 is 17.4 Å². The van der Waals surface area contributed by atoms with Crippen molar-refractivity contribution in [2.75, 3.05) is 36.4 Å². The fraction of sp³-hybridized carbons (Fsp3) is 0.500. The van der Waals surface area contributed by atoms with Gasteiger partial charge in [0.2, 0.25) is 0 Å². The van der Waals surface area contributed by atoms with Gasteiger partial charge in [0.15, 0.2) is 0 Å². The highest BCUT2D eigenvalue weighted by Crippen LogP contribution is 2.22. The van der Waals surface area contributed by atoms with E-state index >= 15 is 0 Å². The lowest BCUT2D eigenvalue weighted by Gasteiger charge is -2.36. The molecule has 1 amide bonds. The monoisotopic (exact) mass is 379 g/mol. The molecule has 0 bridgehead atoms. The minimum absolute atomic E-state index is 0.00358. The number of hydrogen-bond donors (Lipinski definition) is 1. The summed E-state index contributed by atoms with van der Waals surface area (Å²) in [4.78, 5) is 26.2. The van der Waals surface area contributed by atoms with E-state index in [9.17, 15) is 4.79 Å². The van der Waals surface area contributed by atoms with Gasteiger partial charge in [-0.2, -0.15) is 0 Å². The minimum atomic E-state index is 0.00358. The van der Waals surface area contributed by atoms with Gasteiger partial charge in [-0.1, -0.05) is 25.0 Å². The molecule has 0 unspecified atom stereocenters. The highest BCUT2D eigenvalue weighted by molar-refractivity contribution is 5.93. The summed E-state index contributed by atoms with van der Waals surface area (Å²) in [6, 6.07) is 10.8. The van der Waals surface area contributed by atoms with E-state index in [1.807, 2.05) is 17.9 Å². The maximum Gasteiger partial charge on any atom is 0.272 e. The maximum absolute atomic E-state index is 13.0. The van der Waals surface area contributed by atoms with E-state index in [4.69, 9.17) is 0 Å². The van der Waals surface area contributed by atoms with Crippen LogP contribution in [0.5, 0.6) is 0 Å². The van der Waals surface area contributed by atoms with Gasteiger partial charge in [0.1, 0.15) is 17.3 Å². The molecule has 0 radical (unpaired) electrons. The van der Waals surface area contributed by atoms with Gasteiger partial charge in [0, 0.05) is 44.0 Å². The number of carbonyl (C=O) groups is 1. The Hall–Kier alpha value is -2.63. The van der Waals surface area contributed by atoms with Crippen molar-refractivity contribution in [3.05, 3.63) is 47.4 Å². The molecule has 28 heavy (non-hydrogen) atoms. The molecule has 1 aromatic carbocycles. The Labute approximate surface area is 167 Å². The van der Waals surface area contributed by atoms with Crippen LogP contribution in [0.4, 0.5) is 11.5 Å². The first kappa shape index (κ1) is 18.7. The van der Waals surface area contributed by atoms with Crippen LogP contribution in [0.3, 0.4) is 0 Å². The van der Waals surface area contributed by atoms with Crippen LogP contribution in [0, 0.1) is 13.8 Å². The second-order valence-corrected chi connectivity index (χ2v) is 7.93. The quantitative estimate of drug-likeness (QED) is 0.882. The van der Waals surface area contributed by atoms with Crippen LogP contribution < -0.4 is 10.2 Å². The Morgan fingerprint density at radius 1 is 1.04 bits per heavy atom. The van der Waals surface area contributed by atoms with Gasteiger partial charge in [0.05, 0.1) is 0 Å². The maximum atomic E-state index is 13.0. The summed E-state index contributed by atoms with van der Waals surface area (Å²) >= 11 is 0. The van der Waals surface area contributed by atoms with Crippen molar-refractivity contribution in [3.8, 4) is 0 Å². The number of carbonyl (C=O) groups excluding carboxylic acids is 1. The van der Waals surface area contributed by atoms with Crippen molar-refractivity contribution in [1.29, 1.82) is 0 Å². The third-order valence-corrected chi connectivity index (χ3v) is 5.70. The first-order valence-electron chi connectivity index (χ1n) is 10.3. The molecule has 1 saturated carbocycles. The van der Waals surface area contributed by atoms with Crippen LogP contribution in [0.15, 0.2) is 30.3 Å². The number of aryl methyl sites for hydroxylation is 2. The highest BCUT2D eigenvalue weighted by Gasteiger charge is 2.24. The minimum Gasteiger partial charge on any atom is -0.368 e. The largest absolute Gasteiger partial charge is 0.368 e. The summed E-state index contributed by atoms with van der Waals surface area (Å²) in [5.74, 6) is 1.43. The van der Waals surface area contributed by atoms with E-state index in [-0.39, 0.29) is 5.91 Å². The number of nitrogens with zero attached hydrogens (tertiary/aromatic N) is 4. The molecule has 1 aliphatic carbocycles. The van der Waals surface area contributed by atoms with E-state index in [1.54, 1.807) is 0 Å². The van der Waals surface area contributed by atoms with Crippen LogP contribution in [0.1, 0.15) is 47.6 Å². The predicted octanol–water partition coefficient (Wildman–Crippen LogP) is 3.41. The number of nitrogens with one attached hydrogen (secondary N) is 1. The summed E-state index contributed by atoms with van der Waals surface area (Å²) in [5.41, 5.74) is 2.99. The molecule has 2 aliphatic rings. The Balaban J connectivity index is 1.41. The van der Waals surface area contributed by atoms with Gasteiger partial charge in [-0.25, -0.2) is 9.97 Å². The van der Waals surface area contributed by atoms with Crippen molar-refractivity contribution in [3.63, 3.8) is 0 Å². The van der Waals surface area contributed by atoms with E-state index in [0.29, 0.717) is 30.6 Å². The summed E-state index contributed by atoms with van der Waals surface area (Å²) in [6.07, 6.45) is 4.87. The van der Waals surface area contributed by atoms with Crippen LogP contribution in [0.25, 0.3) is 0 Å². The fourth-order valence-electron chi connectivity index (χ4n) is 4.18. The van der Waals surface area contributed by atoms with Gasteiger partial charge in [-0.05, 0) is 44.4 Å². The molecule has 2 fully saturated rings. The Morgan fingerprint density at radius 2 is 1.79 bits per heavy atom. The third kappa shape index (κ3) is 4.26. The van der Waals surface area contributed by atoms with Crippen LogP contribution in [0.2, 0.25) is 0 Å². The third-order valence-electron chi connectivity index (χ3n) is 5.70. The summed E-state index contributed by atoms with van der Waals surface area (Å²) in [6.45, 7) is 7.06. The summed E-state index contributed by atoms with van der Waals surface area (Å²) in [7, 11) is 0. The molecule has 6 nitrogen and oxygen atoms in total. The van der Waals surface area contributed by atoms with Crippen molar-refractivity contribution < 1.29 is 4.79 Å². The van der Waals surface area contributed by atoms with Crippen molar-refractivity contribution in [1.82, 2.24) is 14.9 Å². The molecule has 1 saturated heterocycles. The molecule has 148 valence electrons. The number of benzene rings is 1. The van der Waals surface area contributed by atoms with Gasteiger partial charge >= 0.3 is 0 Å². The Bertz CT molecular complexity index is 839. The van der Waals surface area contributed by atoms with Gasteiger partial charge in [-0.15, -0.1) is 0 Å². The highest BCUT2D eigenvalue weighted by atomic mass is 16.2. The lowest BCUT2D eigenvalue weighted by atomic mass is 10.2. The van der Waals surface area contributed by atoms with E-state index in [0.717, 1.165) is 18.9 Å². The summed E-state index contributed by atoms with van der Waals surface area (Å²) < 4.78 is 0. The smallest absolute Gasteiger partial charge is 0.272 e. The van der Waals surface area contributed by atoms with E-state index in [2.05, 4.69) is 51.4 Å². The average Bonchev–Trinajstić information content (AvgIpc) is 3.20. The second kappa shape index (κ2) is 8.17. The molecule has 1 N–H and O–H groups in total. The van der Waals surface area contributed by atoms with Crippen LogP contribution >= 0.6 is 0 Å². The fourth-order valence-corrected chi connectivity index (χ4v) is 4.18. The number of amides is 1. The zero-order valence-electron chi connectivity index (χ0n) is 16.8.